The molecule has 6 heteroatoms. The second kappa shape index (κ2) is 6.27. The molecule has 106 valence electrons. The van der Waals surface area contributed by atoms with Gasteiger partial charge in [0.05, 0.1) is 5.92 Å². The average Bonchev–Trinajstić information content (AvgIpc) is 2.98. The molecule has 0 aliphatic carbocycles. The largest absolute Gasteiger partial charge is 0.481 e. The Balaban J connectivity index is 2.39. The van der Waals surface area contributed by atoms with Crippen molar-refractivity contribution < 1.29 is 9.90 Å². The fourth-order valence-corrected chi connectivity index (χ4v) is 2.61. The maximum Gasteiger partial charge on any atom is 0.307 e. The molecule has 0 spiro atoms. The summed E-state index contributed by atoms with van der Waals surface area (Å²) in [5, 5.41) is 23.4. The van der Waals surface area contributed by atoms with Crippen LogP contribution in [0.3, 0.4) is 0 Å². The zero-order valence-electron chi connectivity index (χ0n) is 11.5. The van der Waals surface area contributed by atoms with E-state index in [2.05, 4.69) is 20.6 Å². The fourth-order valence-electron chi connectivity index (χ4n) is 2.61. The van der Waals surface area contributed by atoms with Crippen molar-refractivity contribution in [3.05, 3.63) is 41.7 Å². The lowest BCUT2D eigenvalue weighted by atomic mass is 9.77. The van der Waals surface area contributed by atoms with Crippen LogP contribution in [0, 0.1) is 5.92 Å². The Kier molecular flexibility index (Phi) is 4.45. The summed E-state index contributed by atoms with van der Waals surface area (Å²) in [6, 6.07) is 9.81. The lowest BCUT2D eigenvalue weighted by Crippen LogP contribution is -2.26. The number of hydrogen-bond acceptors (Lipinski definition) is 4. The van der Waals surface area contributed by atoms with E-state index >= 15 is 0 Å². The van der Waals surface area contributed by atoms with Gasteiger partial charge in [-0.25, -0.2) is 0 Å². The molecule has 0 bridgehead atoms. The number of nitrogens with one attached hydrogen (secondary N) is 1. The van der Waals surface area contributed by atoms with Crippen LogP contribution in [-0.4, -0.2) is 31.7 Å². The standard InChI is InChI=1S/C14H18N4O2/c1-3-11(14(19)20)12(13-15-17-18-16-13)9(2)10-7-5-4-6-8-10/h4-9,11-12H,3H2,1-2H3,(H,19,20)(H,15,16,17,18). The quantitative estimate of drug-likeness (QED) is 0.842. The number of tetrazole rings is 1. The smallest absolute Gasteiger partial charge is 0.307 e. The SMILES string of the molecule is CCC(C(=O)O)C(c1nn[nH]n1)C(C)c1ccccc1. The molecule has 3 unspecified atom stereocenters. The third kappa shape index (κ3) is 2.84. The first-order valence-corrected chi connectivity index (χ1v) is 6.66. The lowest BCUT2D eigenvalue weighted by Gasteiger charge is -2.26. The highest BCUT2D eigenvalue weighted by Gasteiger charge is 2.35. The number of aromatic amines is 1. The van der Waals surface area contributed by atoms with Crippen LogP contribution >= 0.6 is 0 Å². The fraction of sp³-hybridized carbons (Fsp3) is 0.429. The highest BCUT2D eigenvalue weighted by molar-refractivity contribution is 5.71. The first-order valence-electron chi connectivity index (χ1n) is 6.66. The van der Waals surface area contributed by atoms with Crippen molar-refractivity contribution in [1.82, 2.24) is 20.6 Å². The number of carbonyl (C=O) groups is 1. The van der Waals surface area contributed by atoms with Gasteiger partial charge >= 0.3 is 5.97 Å². The second-order valence-electron chi connectivity index (χ2n) is 4.85. The Labute approximate surface area is 117 Å². The van der Waals surface area contributed by atoms with Crippen LogP contribution in [0.5, 0.6) is 0 Å². The minimum absolute atomic E-state index is 0.00477. The maximum atomic E-state index is 11.5. The number of carboxylic acid groups (broad SMARTS) is 1. The summed E-state index contributed by atoms with van der Waals surface area (Å²) in [4.78, 5) is 11.5. The molecule has 2 N–H and O–H groups in total. The molecule has 6 nitrogen and oxygen atoms in total. The van der Waals surface area contributed by atoms with E-state index in [-0.39, 0.29) is 11.8 Å². The Bertz CT molecular complexity index is 542. The van der Waals surface area contributed by atoms with E-state index in [0.717, 1.165) is 5.56 Å². The minimum Gasteiger partial charge on any atom is -0.481 e. The molecule has 2 aromatic rings. The highest BCUT2D eigenvalue weighted by Crippen LogP contribution is 2.38. The molecule has 0 aliphatic rings. The molecule has 0 aliphatic heterocycles. The van der Waals surface area contributed by atoms with Crippen molar-refractivity contribution in [2.24, 2.45) is 5.92 Å². The summed E-state index contributed by atoms with van der Waals surface area (Å²) in [7, 11) is 0. The molecule has 0 saturated heterocycles. The van der Waals surface area contributed by atoms with Gasteiger partial charge in [-0.05, 0) is 17.9 Å². The number of aromatic nitrogens is 4. The van der Waals surface area contributed by atoms with Crippen LogP contribution in [0.25, 0.3) is 0 Å². The van der Waals surface area contributed by atoms with Crippen molar-refractivity contribution in [3.8, 4) is 0 Å². The van der Waals surface area contributed by atoms with E-state index in [1.807, 2.05) is 44.2 Å². The normalized spacial score (nSPS) is 15.5. The van der Waals surface area contributed by atoms with Gasteiger partial charge in [-0.2, -0.15) is 5.21 Å². The third-order valence-corrected chi connectivity index (χ3v) is 3.71. The van der Waals surface area contributed by atoms with Gasteiger partial charge in [0.2, 0.25) is 0 Å². The van der Waals surface area contributed by atoms with E-state index in [1.54, 1.807) is 0 Å². The van der Waals surface area contributed by atoms with Gasteiger partial charge in [0, 0.05) is 5.92 Å². The molecule has 1 aromatic carbocycles. The highest BCUT2D eigenvalue weighted by atomic mass is 16.4. The van der Waals surface area contributed by atoms with E-state index in [4.69, 9.17) is 0 Å². The van der Waals surface area contributed by atoms with Gasteiger partial charge in [0.25, 0.3) is 0 Å². The Morgan fingerprint density at radius 3 is 2.55 bits per heavy atom. The molecule has 0 amide bonds. The van der Waals surface area contributed by atoms with E-state index < -0.39 is 11.9 Å². The third-order valence-electron chi connectivity index (χ3n) is 3.71. The van der Waals surface area contributed by atoms with Crippen molar-refractivity contribution in [1.29, 1.82) is 0 Å². The number of carboxylic acids is 1. The molecule has 0 radical (unpaired) electrons. The van der Waals surface area contributed by atoms with Gasteiger partial charge < -0.3 is 5.11 Å². The van der Waals surface area contributed by atoms with Gasteiger partial charge in [0.1, 0.15) is 0 Å². The van der Waals surface area contributed by atoms with E-state index in [9.17, 15) is 9.90 Å². The predicted octanol–water partition coefficient (Wildman–Crippen LogP) is 2.20. The molecule has 3 atom stereocenters. The number of nitrogens with zero attached hydrogens (tertiary/aromatic N) is 3. The summed E-state index contributed by atoms with van der Waals surface area (Å²) in [5.74, 6) is -1.23. The molecule has 0 fully saturated rings. The summed E-state index contributed by atoms with van der Waals surface area (Å²) < 4.78 is 0. The summed E-state index contributed by atoms with van der Waals surface area (Å²) in [5.41, 5.74) is 1.07. The first-order chi connectivity index (χ1) is 9.65. The van der Waals surface area contributed by atoms with Crippen LogP contribution in [0.4, 0.5) is 0 Å². The molecule has 20 heavy (non-hydrogen) atoms. The lowest BCUT2D eigenvalue weighted by molar-refractivity contribution is -0.143. The Morgan fingerprint density at radius 1 is 1.35 bits per heavy atom. The second-order valence-corrected chi connectivity index (χ2v) is 4.85. The van der Waals surface area contributed by atoms with Crippen LogP contribution in [0.15, 0.2) is 30.3 Å². The Hall–Kier alpha value is -2.24. The zero-order chi connectivity index (χ0) is 14.5. The topological polar surface area (TPSA) is 91.8 Å². The van der Waals surface area contributed by atoms with Gasteiger partial charge in [-0.3, -0.25) is 4.79 Å². The number of rotatable bonds is 6. The van der Waals surface area contributed by atoms with Crippen molar-refractivity contribution in [3.63, 3.8) is 0 Å². The minimum atomic E-state index is -0.829. The number of aliphatic carboxylic acids is 1. The maximum absolute atomic E-state index is 11.5. The Morgan fingerprint density at radius 2 is 2.05 bits per heavy atom. The van der Waals surface area contributed by atoms with Crippen molar-refractivity contribution in [2.45, 2.75) is 32.1 Å². The summed E-state index contributed by atoms with van der Waals surface area (Å²) in [6.45, 7) is 3.87. The number of hydrogen-bond donors (Lipinski definition) is 2. The monoisotopic (exact) mass is 274 g/mol. The molecule has 0 saturated carbocycles. The van der Waals surface area contributed by atoms with Gasteiger partial charge in [0.15, 0.2) is 5.82 Å². The molecular weight excluding hydrogens is 256 g/mol. The summed E-state index contributed by atoms with van der Waals surface area (Å²) >= 11 is 0. The van der Waals surface area contributed by atoms with Crippen LogP contribution in [0.1, 0.15) is 43.5 Å². The number of benzene rings is 1. The van der Waals surface area contributed by atoms with Crippen LogP contribution in [0.2, 0.25) is 0 Å². The molecule has 1 heterocycles. The number of H-pyrrole nitrogens is 1. The van der Waals surface area contributed by atoms with Crippen molar-refractivity contribution in [2.75, 3.05) is 0 Å². The zero-order valence-corrected chi connectivity index (χ0v) is 11.5. The van der Waals surface area contributed by atoms with Crippen molar-refractivity contribution >= 4 is 5.97 Å². The molecule has 1 aromatic heterocycles. The van der Waals surface area contributed by atoms with Crippen LogP contribution in [-0.2, 0) is 4.79 Å². The molecule has 2 rings (SSSR count). The van der Waals surface area contributed by atoms with Gasteiger partial charge in [-0.15, -0.1) is 10.2 Å². The average molecular weight is 274 g/mol. The van der Waals surface area contributed by atoms with Gasteiger partial charge in [-0.1, -0.05) is 49.4 Å². The van der Waals surface area contributed by atoms with E-state index in [1.165, 1.54) is 0 Å². The predicted molar refractivity (Wildman–Crippen MR) is 73.2 cm³/mol. The summed E-state index contributed by atoms with van der Waals surface area (Å²) in [6.07, 6.45) is 0.520. The first kappa shape index (κ1) is 14.2. The van der Waals surface area contributed by atoms with E-state index in [0.29, 0.717) is 12.2 Å². The molecular formula is C14H18N4O2. The van der Waals surface area contributed by atoms with Crippen LogP contribution < -0.4 is 0 Å².